The van der Waals surface area contributed by atoms with Crippen LogP contribution in [0.2, 0.25) is 0 Å². The zero-order valence-electron chi connectivity index (χ0n) is 22.8. The van der Waals surface area contributed by atoms with E-state index in [-0.39, 0.29) is 18.1 Å². The second-order valence-corrected chi connectivity index (χ2v) is 9.42. The Balaban J connectivity index is 1.70. The van der Waals surface area contributed by atoms with Crippen LogP contribution in [-0.2, 0) is 25.7 Å². The van der Waals surface area contributed by atoms with Gasteiger partial charge in [0.2, 0.25) is 5.75 Å². The fraction of sp³-hybridized carbons (Fsp3) is 0.393. The molecule has 1 N–H and O–H groups in total. The first-order chi connectivity index (χ1) is 18.7. The van der Waals surface area contributed by atoms with Crippen LogP contribution in [0, 0.1) is 5.92 Å². The zero-order valence-corrected chi connectivity index (χ0v) is 22.8. The molecule has 1 fully saturated rings. The van der Waals surface area contributed by atoms with Crippen molar-refractivity contribution in [3.05, 3.63) is 65.4 Å². The molecule has 208 valence electrons. The van der Waals surface area contributed by atoms with Gasteiger partial charge < -0.3 is 29.0 Å². The number of ether oxygens (including phenoxy) is 5. The van der Waals surface area contributed by atoms with E-state index in [1.165, 1.54) is 39.6 Å². The lowest BCUT2D eigenvalue weighted by Crippen LogP contribution is -2.50. The molecule has 0 bridgehead atoms. The Morgan fingerprint density at radius 2 is 1.62 bits per heavy atom. The predicted octanol–water partition coefficient (Wildman–Crippen LogP) is 3.20. The summed E-state index contributed by atoms with van der Waals surface area (Å²) in [5.41, 5.74) is 1.67. The number of rotatable bonds is 9. The minimum atomic E-state index is -0.923. The molecule has 2 aromatic carbocycles. The smallest absolute Gasteiger partial charge is 0.408 e. The van der Waals surface area contributed by atoms with Crippen LogP contribution in [0.3, 0.4) is 0 Å². The first kappa shape index (κ1) is 27.8. The van der Waals surface area contributed by atoms with E-state index in [1.54, 1.807) is 17.1 Å². The molecule has 0 unspecified atom stereocenters. The van der Waals surface area contributed by atoms with Gasteiger partial charge in [-0.2, -0.15) is 5.01 Å². The number of esters is 1. The summed E-state index contributed by atoms with van der Waals surface area (Å²) in [4.78, 5) is 39.3. The molecule has 1 saturated heterocycles. The summed E-state index contributed by atoms with van der Waals surface area (Å²) in [5.74, 6) is 0.0571. The van der Waals surface area contributed by atoms with Gasteiger partial charge in [0.05, 0.1) is 46.1 Å². The average molecular weight is 540 g/mol. The molecule has 0 spiro atoms. The van der Waals surface area contributed by atoms with E-state index in [9.17, 15) is 14.4 Å². The topological polar surface area (TPSA) is 116 Å². The van der Waals surface area contributed by atoms with Crippen molar-refractivity contribution in [3.63, 3.8) is 0 Å². The van der Waals surface area contributed by atoms with E-state index >= 15 is 0 Å². The molecule has 4 rings (SSSR count). The molecule has 0 aromatic heterocycles. The Bertz CT molecular complexity index is 1240. The van der Waals surface area contributed by atoms with Crippen molar-refractivity contribution in [1.82, 2.24) is 15.3 Å². The highest BCUT2D eigenvalue weighted by Crippen LogP contribution is 2.48. The second kappa shape index (κ2) is 11.6. The molecule has 2 aliphatic heterocycles. The van der Waals surface area contributed by atoms with Gasteiger partial charge >= 0.3 is 12.1 Å². The molecular formula is C28H33N3O8. The minimum absolute atomic E-state index is 0.0633. The maximum absolute atomic E-state index is 13.6. The Labute approximate surface area is 227 Å². The van der Waals surface area contributed by atoms with E-state index in [0.717, 1.165) is 5.56 Å². The number of benzene rings is 2. The van der Waals surface area contributed by atoms with Crippen LogP contribution in [0.4, 0.5) is 4.79 Å². The van der Waals surface area contributed by atoms with Gasteiger partial charge in [-0.1, -0.05) is 44.2 Å². The van der Waals surface area contributed by atoms with E-state index in [4.69, 9.17) is 23.7 Å². The Morgan fingerprint density at radius 1 is 0.974 bits per heavy atom. The third-order valence-corrected chi connectivity index (χ3v) is 6.80. The number of methoxy groups -OCH3 is 4. The molecule has 2 aliphatic rings. The van der Waals surface area contributed by atoms with E-state index in [2.05, 4.69) is 5.32 Å². The largest absolute Gasteiger partial charge is 0.493 e. The summed E-state index contributed by atoms with van der Waals surface area (Å²) in [7, 11) is 5.77. The van der Waals surface area contributed by atoms with Gasteiger partial charge in [-0.25, -0.2) is 14.6 Å². The van der Waals surface area contributed by atoms with Crippen molar-refractivity contribution in [3.8, 4) is 17.2 Å². The standard InChI is InChI=1S/C28H33N3O8/c1-16(2)23-22(29-28(34)39-15-17-10-8-7-9-11-17)26(32)30-14-19(27(33)38-6)24(31(23)30)18-12-20(35-3)25(37-5)21(13-18)36-4/h7-14,16,22-24H,15H2,1-6H3,(H,29,34)/t22-,23-,24+/m0/s1. The fourth-order valence-electron chi connectivity index (χ4n) is 5.07. The lowest BCUT2D eigenvalue weighted by molar-refractivity contribution is -0.138. The van der Waals surface area contributed by atoms with Crippen LogP contribution in [0.5, 0.6) is 17.2 Å². The molecule has 39 heavy (non-hydrogen) atoms. The normalized spacial score (nSPS) is 20.4. The van der Waals surface area contributed by atoms with Gasteiger partial charge in [0.1, 0.15) is 12.6 Å². The molecule has 11 nitrogen and oxygen atoms in total. The van der Waals surface area contributed by atoms with Gasteiger partial charge in [-0.05, 0) is 29.2 Å². The Kier molecular flexibility index (Phi) is 8.29. The lowest BCUT2D eigenvalue weighted by atomic mass is 9.92. The first-order valence-corrected chi connectivity index (χ1v) is 12.4. The molecule has 2 heterocycles. The number of hydrogen-bond acceptors (Lipinski definition) is 9. The number of hydrogen-bond donors (Lipinski definition) is 1. The highest BCUT2D eigenvalue weighted by Gasteiger charge is 2.56. The van der Waals surface area contributed by atoms with Gasteiger partial charge in [-0.3, -0.25) is 4.79 Å². The third kappa shape index (κ3) is 5.22. The molecule has 3 atom stereocenters. The van der Waals surface area contributed by atoms with Gasteiger partial charge in [0.25, 0.3) is 5.91 Å². The van der Waals surface area contributed by atoms with Crippen LogP contribution in [0.25, 0.3) is 0 Å². The maximum atomic E-state index is 13.6. The number of alkyl carbamates (subject to hydrolysis) is 1. The minimum Gasteiger partial charge on any atom is -0.493 e. The molecular weight excluding hydrogens is 506 g/mol. The number of carbonyl (C=O) groups is 3. The number of carbonyl (C=O) groups excluding carboxylic acids is 3. The highest BCUT2D eigenvalue weighted by atomic mass is 16.6. The van der Waals surface area contributed by atoms with Crippen molar-refractivity contribution in [2.45, 2.75) is 38.6 Å². The molecule has 2 aromatic rings. The average Bonchev–Trinajstić information content (AvgIpc) is 3.45. The predicted molar refractivity (Wildman–Crippen MR) is 140 cm³/mol. The van der Waals surface area contributed by atoms with Crippen molar-refractivity contribution in [2.24, 2.45) is 5.92 Å². The summed E-state index contributed by atoms with van der Waals surface area (Å²) in [6.07, 6.45) is 0.737. The van der Waals surface area contributed by atoms with Gasteiger partial charge in [0, 0.05) is 6.20 Å². The number of fused-ring (bicyclic) bond motifs is 1. The molecule has 2 amide bonds. The Morgan fingerprint density at radius 3 is 2.15 bits per heavy atom. The summed E-state index contributed by atoms with van der Waals surface area (Å²) < 4.78 is 27.0. The summed E-state index contributed by atoms with van der Waals surface area (Å²) in [5, 5.41) is 5.89. The van der Waals surface area contributed by atoms with Crippen LogP contribution < -0.4 is 19.5 Å². The van der Waals surface area contributed by atoms with Gasteiger partial charge in [0.15, 0.2) is 11.5 Å². The van der Waals surface area contributed by atoms with E-state index in [1.807, 2.05) is 44.2 Å². The van der Waals surface area contributed by atoms with Gasteiger partial charge in [-0.15, -0.1) is 0 Å². The SMILES string of the molecule is COC(=O)C1=CN2C(=O)[C@@H](NC(=O)OCc3ccccc3)[C@H](C(C)C)N2[C@@H]1c1cc(OC)c(OC)c(OC)c1. The number of amides is 2. The van der Waals surface area contributed by atoms with Crippen molar-refractivity contribution in [2.75, 3.05) is 28.4 Å². The number of hydrazine groups is 1. The van der Waals surface area contributed by atoms with E-state index in [0.29, 0.717) is 22.8 Å². The van der Waals surface area contributed by atoms with Crippen molar-refractivity contribution < 1.29 is 38.1 Å². The summed E-state index contributed by atoms with van der Waals surface area (Å²) in [6, 6.07) is 10.5. The number of nitrogens with one attached hydrogen (secondary N) is 1. The quantitative estimate of drug-likeness (QED) is 0.480. The summed E-state index contributed by atoms with van der Waals surface area (Å²) >= 11 is 0. The number of nitrogens with zero attached hydrogens (tertiary/aromatic N) is 2. The molecule has 0 radical (unpaired) electrons. The Hall–Kier alpha value is -4.25. The third-order valence-electron chi connectivity index (χ3n) is 6.80. The van der Waals surface area contributed by atoms with Crippen LogP contribution in [-0.4, -0.2) is 68.5 Å². The zero-order chi connectivity index (χ0) is 28.3. The second-order valence-electron chi connectivity index (χ2n) is 9.42. The van der Waals surface area contributed by atoms with Crippen molar-refractivity contribution in [1.29, 1.82) is 0 Å². The molecule has 0 saturated carbocycles. The molecule has 0 aliphatic carbocycles. The van der Waals surface area contributed by atoms with E-state index < -0.39 is 36.1 Å². The summed E-state index contributed by atoms with van der Waals surface area (Å²) in [6.45, 7) is 3.94. The molecule has 11 heteroatoms. The fourth-order valence-corrected chi connectivity index (χ4v) is 5.07. The highest BCUT2D eigenvalue weighted by molar-refractivity contribution is 5.95. The van der Waals surface area contributed by atoms with Crippen LogP contribution >= 0.6 is 0 Å². The maximum Gasteiger partial charge on any atom is 0.408 e. The lowest BCUT2D eigenvalue weighted by Gasteiger charge is -2.35. The monoisotopic (exact) mass is 539 g/mol. The van der Waals surface area contributed by atoms with Crippen LogP contribution in [0.1, 0.15) is 31.0 Å². The van der Waals surface area contributed by atoms with Crippen LogP contribution in [0.15, 0.2) is 54.2 Å². The van der Waals surface area contributed by atoms with Crippen molar-refractivity contribution >= 4 is 18.0 Å². The first-order valence-electron chi connectivity index (χ1n) is 12.4.